The highest BCUT2D eigenvalue weighted by Crippen LogP contribution is 2.36. The van der Waals surface area contributed by atoms with Crippen molar-refractivity contribution in [3.63, 3.8) is 0 Å². The molecule has 29 heavy (non-hydrogen) atoms. The van der Waals surface area contributed by atoms with Crippen LogP contribution in [-0.2, 0) is 28.9 Å². The Labute approximate surface area is 173 Å². The minimum Gasteiger partial charge on any atom is -0.465 e. The average Bonchev–Trinajstić information content (AvgIpc) is 2.74. The molecule has 7 heteroatoms. The predicted molar refractivity (Wildman–Crippen MR) is 110 cm³/mol. The van der Waals surface area contributed by atoms with Gasteiger partial charge in [-0.15, -0.1) is 0 Å². The third-order valence-corrected chi connectivity index (χ3v) is 6.91. The molecule has 0 heterocycles. The molecule has 0 saturated heterocycles. The van der Waals surface area contributed by atoms with Gasteiger partial charge in [0.15, 0.2) is 0 Å². The first-order valence-electron chi connectivity index (χ1n) is 10.2. The summed E-state index contributed by atoms with van der Waals surface area (Å²) in [5.74, 6) is -2.59. The SMILES string of the molecule is CCCCOC(=O)C1CC=C(S(=O)(=O)c2ccccc2)CC1C(=O)OCCCC. The summed E-state index contributed by atoms with van der Waals surface area (Å²) >= 11 is 0. The summed E-state index contributed by atoms with van der Waals surface area (Å²) in [6.07, 6.45) is 4.84. The molecule has 0 amide bonds. The average molecular weight is 423 g/mol. The lowest BCUT2D eigenvalue weighted by atomic mass is 9.83. The molecule has 0 aliphatic heterocycles. The van der Waals surface area contributed by atoms with Crippen LogP contribution in [-0.4, -0.2) is 33.6 Å². The van der Waals surface area contributed by atoms with Crippen molar-refractivity contribution in [3.8, 4) is 0 Å². The maximum absolute atomic E-state index is 13.0. The number of ether oxygens (including phenoxy) is 2. The molecule has 0 saturated carbocycles. The van der Waals surface area contributed by atoms with E-state index < -0.39 is 33.6 Å². The Balaban J connectivity index is 2.23. The zero-order chi connectivity index (χ0) is 21.3. The second-order valence-electron chi connectivity index (χ2n) is 7.18. The molecule has 2 rings (SSSR count). The van der Waals surface area contributed by atoms with Gasteiger partial charge in [-0.05, 0) is 37.8 Å². The van der Waals surface area contributed by atoms with Gasteiger partial charge in [-0.25, -0.2) is 8.42 Å². The van der Waals surface area contributed by atoms with Crippen LogP contribution in [0.5, 0.6) is 0 Å². The summed E-state index contributed by atoms with van der Waals surface area (Å²) < 4.78 is 36.6. The number of sulfone groups is 1. The molecule has 1 aliphatic carbocycles. The lowest BCUT2D eigenvalue weighted by Gasteiger charge is -2.28. The van der Waals surface area contributed by atoms with Crippen LogP contribution in [0.25, 0.3) is 0 Å². The number of esters is 2. The van der Waals surface area contributed by atoms with Crippen LogP contribution in [0.3, 0.4) is 0 Å². The van der Waals surface area contributed by atoms with Gasteiger partial charge < -0.3 is 9.47 Å². The van der Waals surface area contributed by atoms with Crippen LogP contribution in [0.4, 0.5) is 0 Å². The molecule has 0 N–H and O–H groups in total. The molecule has 2 atom stereocenters. The zero-order valence-electron chi connectivity index (χ0n) is 17.1. The van der Waals surface area contributed by atoms with Gasteiger partial charge in [0.2, 0.25) is 9.84 Å². The second kappa shape index (κ2) is 11.1. The van der Waals surface area contributed by atoms with Crippen molar-refractivity contribution < 1.29 is 27.5 Å². The van der Waals surface area contributed by atoms with E-state index in [9.17, 15) is 18.0 Å². The quantitative estimate of drug-likeness (QED) is 0.417. The summed E-state index contributed by atoms with van der Waals surface area (Å²) in [6.45, 7) is 4.53. The third-order valence-electron chi connectivity index (χ3n) is 4.99. The van der Waals surface area contributed by atoms with Gasteiger partial charge in [0.1, 0.15) is 0 Å². The summed E-state index contributed by atoms with van der Waals surface area (Å²) in [5.41, 5.74) is 0. The molecule has 1 aromatic rings. The Morgan fingerprint density at radius 3 is 2.03 bits per heavy atom. The molecule has 6 nitrogen and oxygen atoms in total. The van der Waals surface area contributed by atoms with Crippen LogP contribution >= 0.6 is 0 Å². The molecule has 0 aromatic heterocycles. The lowest BCUT2D eigenvalue weighted by Crippen LogP contribution is -2.36. The van der Waals surface area contributed by atoms with E-state index in [-0.39, 0.29) is 29.2 Å². The third kappa shape index (κ3) is 6.16. The summed E-state index contributed by atoms with van der Waals surface area (Å²) in [4.78, 5) is 25.5. The summed E-state index contributed by atoms with van der Waals surface area (Å²) in [5, 5.41) is 0. The van der Waals surface area contributed by atoms with Crippen molar-refractivity contribution in [3.05, 3.63) is 41.3 Å². The van der Waals surface area contributed by atoms with E-state index in [2.05, 4.69) is 0 Å². The number of rotatable bonds is 10. The number of hydrogen-bond acceptors (Lipinski definition) is 6. The molecular weight excluding hydrogens is 392 g/mol. The maximum Gasteiger partial charge on any atom is 0.310 e. The van der Waals surface area contributed by atoms with Gasteiger partial charge in [0.05, 0.1) is 29.9 Å². The molecule has 0 bridgehead atoms. The first kappa shape index (κ1) is 23.1. The Bertz CT molecular complexity index is 813. The molecule has 2 unspecified atom stereocenters. The van der Waals surface area contributed by atoms with E-state index in [1.165, 1.54) is 12.1 Å². The fourth-order valence-electron chi connectivity index (χ4n) is 3.19. The van der Waals surface area contributed by atoms with Gasteiger partial charge in [0, 0.05) is 4.91 Å². The highest BCUT2D eigenvalue weighted by atomic mass is 32.2. The van der Waals surface area contributed by atoms with Crippen LogP contribution in [0.15, 0.2) is 46.2 Å². The Hall–Kier alpha value is -2.15. The van der Waals surface area contributed by atoms with E-state index in [4.69, 9.17) is 9.47 Å². The van der Waals surface area contributed by atoms with Crippen LogP contribution in [0.1, 0.15) is 52.4 Å². The second-order valence-corrected chi connectivity index (χ2v) is 9.18. The van der Waals surface area contributed by atoms with E-state index in [0.717, 1.165) is 25.7 Å². The minimum atomic E-state index is -3.72. The summed E-state index contributed by atoms with van der Waals surface area (Å²) in [7, 11) is -3.72. The number of carbonyl (C=O) groups is 2. The number of carbonyl (C=O) groups excluding carboxylic acids is 2. The van der Waals surface area contributed by atoms with Crippen LogP contribution < -0.4 is 0 Å². The lowest BCUT2D eigenvalue weighted by molar-refractivity contribution is -0.161. The fraction of sp³-hybridized carbons (Fsp3) is 0.545. The van der Waals surface area contributed by atoms with E-state index >= 15 is 0 Å². The first-order valence-corrected chi connectivity index (χ1v) is 11.7. The van der Waals surface area contributed by atoms with Crippen molar-refractivity contribution >= 4 is 21.8 Å². The predicted octanol–water partition coefficient (Wildman–Crippen LogP) is 4.06. The topological polar surface area (TPSA) is 86.7 Å². The van der Waals surface area contributed by atoms with Gasteiger partial charge in [-0.3, -0.25) is 9.59 Å². The maximum atomic E-state index is 13.0. The van der Waals surface area contributed by atoms with Gasteiger partial charge in [-0.2, -0.15) is 0 Å². The fourth-order valence-corrected chi connectivity index (χ4v) is 4.72. The Morgan fingerprint density at radius 2 is 1.48 bits per heavy atom. The zero-order valence-corrected chi connectivity index (χ0v) is 17.9. The first-order chi connectivity index (χ1) is 13.9. The highest BCUT2D eigenvalue weighted by molar-refractivity contribution is 7.95. The van der Waals surface area contributed by atoms with E-state index in [1.54, 1.807) is 24.3 Å². The summed E-state index contributed by atoms with van der Waals surface area (Å²) in [6, 6.07) is 8.09. The minimum absolute atomic E-state index is 0.0598. The molecule has 160 valence electrons. The molecule has 0 spiro atoms. The number of unbranched alkanes of at least 4 members (excludes halogenated alkanes) is 2. The normalized spacial score (nSPS) is 19.3. The number of benzene rings is 1. The number of allylic oxidation sites excluding steroid dienone is 2. The smallest absolute Gasteiger partial charge is 0.310 e. The Kier molecular flexibility index (Phi) is 8.89. The van der Waals surface area contributed by atoms with Crippen molar-refractivity contribution in [1.29, 1.82) is 0 Å². The molecule has 0 radical (unpaired) electrons. The largest absolute Gasteiger partial charge is 0.465 e. The molecule has 0 fully saturated rings. The van der Waals surface area contributed by atoms with Crippen molar-refractivity contribution in [2.75, 3.05) is 13.2 Å². The van der Waals surface area contributed by atoms with Gasteiger partial charge in [0.25, 0.3) is 0 Å². The van der Waals surface area contributed by atoms with Crippen molar-refractivity contribution in [1.82, 2.24) is 0 Å². The highest BCUT2D eigenvalue weighted by Gasteiger charge is 2.41. The monoisotopic (exact) mass is 422 g/mol. The Morgan fingerprint density at radius 1 is 0.931 bits per heavy atom. The molecule has 1 aromatic carbocycles. The van der Waals surface area contributed by atoms with E-state index in [0.29, 0.717) is 6.61 Å². The van der Waals surface area contributed by atoms with Crippen LogP contribution in [0.2, 0.25) is 0 Å². The van der Waals surface area contributed by atoms with E-state index in [1.807, 2.05) is 13.8 Å². The van der Waals surface area contributed by atoms with Gasteiger partial charge in [-0.1, -0.05) is 51.0 Å². The number of hydrogen-bond donors (Lipinski definition) is 0. The van der Waals surface area contributed by atoms with Crippen LogP contribution in [0, 0.1) is 11.8 Å². The molecular formula is C22H30O6S. The van der Waals surface area contributed by atoms with Crippen molar-refractivity contribution in [2.24, 2.45) is 11.8 Å². The standard InChI is InChI=1S/C22H30O6S/c1-3-5-14-27-21(23)19-13-12-18(16-20(19)22(24)28-15-6-4-2)29(25,26)17-10-8-7-9-11-17/h7-12,19-20H,3-6,13-16H2,1-2H3. The van der Waals surface area contributed by atoms with Crippen molar-refractivity contribution in [2.45, 2.75) is 57.3 Å². The van der Waals surface area contributed by atoms with Gasteiger partial charge >= 0.3 is 11.9 Å². The molecule has 1 aliphatic rings.